The average molecular weight is 110 g/mol. The Hall–Kier alpha value is -0.850. The molecule has 0 aromatic heterocycles. The van der Waals surface area contributed by atoms with Gasteiger partial charge in [0.15, 0.2) is 0 Å². The molecule has 1 rings (SSSR count). The van der Waals surface area contributed by atoms with E-state index in [0.717, 1.165) is 5.57 Å². The van der Waals surface area contributed by atoms with Crippen molar-refractivity contribution in [2.24, 2.45) is 0 Å². The van der Waals surface area contributed by atoms with Crippen LogP contribution in [0, 0.1) is 0 Å². The summed E-state index contributed by atoms with van der Waals surface area (Å²) in [5.74, 6) is -0.206. The second kappa shape index (κ2) is 1.58. The van der Waals surface area contributed by atoms with Gasteiger partial charge in [-0.05, 0) is 18.6 Å². The molecule has 0 bridgehead atoms. The number of hydrogen-bond acceptors (Lipinski definition) is 0. The molecule has 1 aliphatic carbocycles. The number of rotatable bonds is 0. The van der Waals surface area contributed by atoms with E-state index in [4.69, 9.17) is 0 Å². The van der Waals surface area contributed by atoms with Crippen LogP contribution in [0.25, 0.3) is 0 Å². The zero-order valence-corrected chi connectivity index (χ0v) is 4.74. The van der Waals surface area contributed by atoms with Crippen LogP contribution in [0.2, 0.25) is 0 Å². The van der Waals surface area contributed by atoms with Crippen molar-refractivity contribution in [2.45, 2.75) is 6.92 Å². The highest BCUT2D eigenvalue weighted by atomic mass is 19.1. The van der Waals surface area contributed by atoms with Gasteiger partial charge in [0.25, 0.3) is 0 Å². The molecule has 0 aliphatic heterocycles. The highest BCUT2D eigenvalue weighted by Crippen LogP contribution is 2.23. The molecule has 0 radical (unpaired) electrons. The van der Waals surface area contributed by atoms with Crippen molar-refractivity contribution in [2.75, 3.05) is 0 Å². The Morgan fingerprint density at radius 2 is 2.12 bits per heavy atom. The predicted octanol–water partition coefficient (Wildman–Crippen LogP) is 2.36. The summed E-state index contributed by atoms with van der Waals surface area (Å²) in [4.78, 5) is 0. The van der Waals surface area contributed by atoms with Crippen LogP contribution in [0.15, 0.2) is 35.7 Å². The normalized spacial score (nSPS) is 18.5. The van der Waals surface area contributed by atoms with E-state index in [0.29, 0.717) is 5.57 Å². The highest BCUT2D eigenvalue weighted by Gasteiger charge is 2.06. The minimum atomic E-state index is -0.206. The Labute approximate surface area is 48.0 Å². The molecule has 0 atom stereocenters. The van der Waals surface area contributed by atoms with E-state index in [-0.39, 0.29) is 5.83 Å². The van der Waals surface area contributed by atoms with Gasteiger partial charge in [-0.3, -0.25) is 0 Å². The van der Waals surface area contributed by atoms with Crippen molar-refractivity contribution in [3.8, 4) is 0 Å². The van der Waals surface area contributed by atoms with Crippen LogP contribution in [0.5, 0.6) is 0 Å². The Bertz CT molecular complexity index is 165. The van der Waals surface area contributed by atoms with Gasteiger partial charge in [-0.25, -0.2) is 4.39 Å². The fourth-order valence-corrected chi connectivity index (χ4v) is 0.588. The molecule has 0 saturated carbocycles. The number of halogens is 1. The van der Waals surface area contributed by atoms with Crippen LogP contribution < -0.4 is 0 Å². The fourth-order valence-electron chi connectivity index (χ4n) is 0.588. The van der Waals surface area contributed by atoms with Gasteiger partial charge in [0.05, 0.1) is 0 Å². The summed E-state index contributed by atoms with van der Waals surface area (Å²) in [6.45, 7) is 5.34. The minimum absolute atomic E-state index is 0.206. The lowest BCUT2D eigenvalue weighted by atomic mass is 10.2. The standard InChI is InChI=1S/C7H7F/c1-5-3-4-7(8)6(5)2/h3-4H,2H2,1H3. The Balaban J connectivity index is 2.92. The van der Waals surface area contributed by atoms with Crippen molar-refractivity contribution in [1.82, 2.24) is 0 Å². The first-order valence-electron chi connectivity index (χ1n) is 2.45. The van der Waals surface area contributed by atoms with Gasteiger partial charge < -0.3 is 0 Å². The summed E-state index contributed by atoms with van der Waals surface area (Å²) in [6.07, 6.45) is 3.15. The lowest BCUT2D eigenvalue weighted by Gasteiger charge is -1.91. The lowest BCUT2D eigenvalue weighted by molar-refractivity contribution is 0.660. The predicted molar refractivity (Wildman–Crippen MR) is 32.1 cm³/mol. The third kappa shape index (κ3) is 0.601. The van der Waals surface area contributed by atoms with Crippen LogP contribution in [-0.4, -0.2) is 0 Å². The lowest BCUT2D eigenvalue weighted by Crippen LogP contribution is -1.74. The van der Waals surface area contributed by atoms with E-state index < -0.39 is 0 Å². The molecular weight excluding hydrogens is 103 g/mol. The maximum Gasteiger partial charge on any atom is 0.130 e. The van der Waals surface area contributed by atoms with Gasteiger partial charge in [0, 0.05) is 5.57 Å². The zero-order valence-electron chi connectivity index (χ0n) is 4.74. The zero-order chi connectivity index (χ0) is 6.15. The molecule has 0 aromatic carbocycles. The largest absolute Gasteiger partial charge is 0.206 e. The Morgan fingerprint density at radius 1 is 1.50 bits per heavy atom. The molecule has 0 fully saturated rings. The van der Waals surface area contributed by atoms with Gasteiger partial charge >= 0.3 is 0 Å². The quantitative estimate of drug-likeness (QED) is 0.449. The molecule has 0 N–H and O–H groups in total. The van der Waals surface area contributed by atoms with E-state index in [9.17, 15) is 4.39 Å². The Kier molecular flexibility index (Phi) is 1.05. The van der Waals surface area contributed by atoms with E-state index in [1.807, 2.05) is 6.92 Å². The van der Waals surface area contributed by atoms with Crippen molar-refractivity contribution in [3.63, 3.8) is 0 Å². The Morgan fingerprint density at radius 3 is 2.25 bits per heavy atom. The maximum absolute atomic E-state index is 12.3. The summed E-state index contributed by atoms with van der Waals surface area (Å²) in [5.41, 5.74) is 1.44. The number of hydrogen-bond donors (Lipinski definition) is 0. The van der Waals surface area contributed by atoms with Crippen LogP contribution in [0.1, 0.15) is 6.92 Å². The molecule has 0 amide bonds. The van der Waals surface area contributed by atoms with E-state index >= 15 is 0 Å². The first-order chi connectivity index (χ1) is 3.72. The fraction of sp³-hybridized carbons (Fsp3) is 0.143. The van der Waals surface area contributed by atoms with Crippen LogP contribution in [0.3, 0.4) is 0 Å². The van der Waals surface area contributed by atoms with E-state index in [1.54, 1.807) is 6.08 Å². The van der Waals surface area contributed by atoms with E-state index in [2.05, 4.69) is 6.58 Å². The summed E-state index contributed by atoms with van der Waals surface area (Å²) >= 11 is 0. The molecule has 0 spiro atoms. The van der Waals surface area contributed by atoms with Gasteiger partial charge in [-0.2, -0.15) is 0 Å². The summed E-state index contributed by atoms with van der Waals surface area (Å²) in [6, 6.07) is 0. The third-order valence-corrected chi connectivity index (χ3v) is 1.24. The van der Waals surface area contributed by atoms with Crippen LogP contribution in [-0.2, 0) is 0 Å². The molecule has 8 heavy (non-hydrogen) atoms. The second-order valence-corrected chi connectivity index (χ2v) is 1.84. The molecule has 0 nitrogen and oxygen atoms in total. The van der Waals surface area contributed by atoms with Crippen LogP contribution >= 0.6 is 0 Å². The second-order valence-electron chi connectivity index (χ2n) is 1.84. The van der Waals surface area contributed by atoms with Crippen molar-refractivity contribution < 1.29 is 4.39 Å². The molecule has 0 unspecified atom stereocenters. The molecular formula is C7H7F. The third-order valence-electron chi connectivity index (χ3n) is 1.24. The monoisotopic (exact) mass is 110 g/mol. The first kappa shape index (κ1) is 5.29. The molecule has 0 saturated heterocycles. The molecule has 0 aromatic rings. The van der Waals surface area contributed by atoms with Crippen LogP contribution in [0.4, 0.5) is 4.39 Å². The van der Waals surface area contributed by atoms with Crippen molar-refractivity contribution >= 4 is 0 Å². The van der Waals surface area contributed by atoms with Gasteiger partial charge in [-0.15, -0.1) is 0 Å². The molecule has 42 valence electrons. The topological polar surface area (TPSA) is 0 Å². The van der Waals surface area contributed by atoms with Gasteiger partial charge in [0.1, 0.15) is 5.83 Å². The minimum Gasteiger partial charge on any atom is -0.206 e. The highest BCUT2D eigenvalue weighted by molar-refractivity contribution is 5.48. The van der Waals surface area contributed by atoms with Crippen molar-refractivity contribution in [3.05, 3.63) is 35.7 Å². The summed E-state index contributed by atoms with van der Waals surface area (Å²) < 4.78 is 12.3. The maximum atomic E-state index is 12.3. The smallest absolute Gasteiger partial charge is 0.130 e. The summed E-state index contributed by atoms with van der Waals surface area (Å²) in [7, 11) is 0. The molecule has 1 aliphatic rings. The SMILES string of the molecule is C=C1C(C)=CC=C1F. The average Bonchev–Trinajstić information content (AvgIpc) is 1.98. The van der Waals surface area contributed by atoms with Gasteiger partial charge in [-0.1, -0.05) is 12.7 Å². The first-order valence-corrected chi connectivity index (χ1v) is 2.45. The molecule has 0 heterocycles. The molecule has 1 heteroatoms. The van der Waals surface area contributed by atoms with Crippen molar-refractivity contribution in [1.29, 1.82) is 0 Å². The number of allylic oxidation sites excluding steroid dienone is 5. The van der Waals surface area contributed by atoms with Gasteiger partial charge in [0.2, 0.25) is 0 Å². The van der Waals surface area contributed by atoms with E-state index in [1.165, 1.54) is 6.08 Å². The summed E-state index contributed by atoms with van der Waals surface area (Å²) in [5, 5.41) is 0.